The highest BCUT2D eigenvalue weighted by Gasteiger charge is 2.27. The monoisotopic (exact) mass is 1610 g/mol. The predicted molar refractivity (Wildman–Crippen MR) is 507 cm³/mol. The van der Waals surface area contributed by atoms with E-state index in [1.165, 1.54) is 0 Å². The summed E-state index contributed by atoms with van der Waals surface area (Å²) in [7, 11) is 0. The number of rotatable bonds is 13. The third-order valence-electron chi connectivity index (χ3n) is 24.9. The summed E-state index contributed by atoms with van der Waals surface area (Å²) in [5.41, 5.74) is 28.9. The highest BCUT2D eigenvalue weighted by molar-refractivity contribution is 6.19. The molecule has 0 saturated carbocycles. The molecule has 586 valence electrons. The van der Waals surface area contributed by atoms with E-state index in [2.05, 4.69) is 260 Å². The molecule has 11 aromatic heterocycles. The molecule has 11 heterocycles. The molecular weight excluding hydrogens is 1550 g/mol. The molecule has 15 nitrogen and oxygen atoms in total. The summed E-state index contributed by atoms with van der Waals surface area (Å²) in [5.74, 6) is 3.33. The Morgan fingerprint density at radius 1 is 0.198 bits per heavy atom. The van der Waals surface area contributed by atoms with Crippen LogP contribution in [0.25, 0.3) is 256 Å². The van der Waals surface area contributed by atoms with Crippen molar-refractivity contribution in [3.05, 3.63) is 395 Å². The van der Waals surface area contributed by atoms with Crippen molar-refractivity contribution in [1.29, 1.82) is 0 Å². The number of benzene rings is 15. The summed E-state index contributed by atoms with van der Waals surface area (Å²) in [6, 6.07) is 130. The first-order valence-electron chi connectivity index (χ1n) is 42.0. The second-order valence-electron chi connectivity index (χ2n) is 32.0. The fraction of sp³-hybridized carbons (Fsp3) is 0. The van der Waals surface area contributed by atoms with Crippen molar-refractivity contribution in [3.8, 4) is 124 Å². The van der Waals surface area contributed by atoms with Gasteiger partial charge in [-0.15, -0.1) is 0 Å². The van der Waals surface area contributed by atoms with Crippen LogP contribution in [0.2, 0.25) is 0 Å². The molecule has 15 aromatic carbocycles. The van der Waals surface area contributed by atoms with Gasteiger partial charge in [0.2, 0.25) is 11.9 Å². The SMILES string of the molecule is c1ccc(-c2nc(-c3ccccc3)nc(-n3c4ccncc4c4cc(-c5ccc6oc7cccc(-c8ccc9c(c8)c8ncc(-c%10ccc%11c(c%10)c%10cc(-c%12ccc%13oc%14cccc(-c%15ccc%16c(c%15)c%15ncccc%15n%16-c%15ccccc%15)c%14c%13c%12)ccc%10n%11-c%10nc(-c%11ccccc%11)nc(-c%11ccccc%11)n%10)cc8n9-c8ccccc8)c7c6c5)ccc43)n2)cc1. The number of aromatic nitrogens is 13. The number of furan rings is 2. The number of para-hydroxylation sites is 2. The van der Waals surface area contributed by atoms with Crippen LogP contribution in [-0.2, 0) is 0 Å². The zero-order valence-corrected chi connectivity index (χ0v) is 67.2. The largest absolute Gasteiger partial charge is 0.456 e. The van der Waals surface area contributed by atoms with E-state index in [0.717, 1.165) is 221 Å². The maximum atomic E-state index is 6.79. The molecule has 0 aliphatic carbocycles. The lowest BCUT2D eigenvalue weighted by atomic mass is 9.96. The first kappa shape index (κ1) is 70.4. The Morgan fingerprint density at radius 2 is 0.563 bits per heavy atom. The van der Waals surface area contributed by atoms with Crippen LogP contribution >= 0.6 is 0 Å². The maximum absolute atomic E-state index is 6.79. The van der Waals surface area contributed by atoms with Crippen molar-refractivity contribution in [2.75, 3.05) is 0 Å². The van der Waals surface area contributed by atoms with Gasteiger partial charge in [-0.3, -0.25) is 24.1 Å². The van der Waals surface area contributed by atoms with E-state index in [0.29, 0.717) is 35.2 Å². The highest BCUT2D eigenvalue weighted by atomic mass is 16.3. The van der Waals surface area contributed by atoms with Gasteiger partial charge < -0.3 is 18.0 Å². The Hall–Kier alpha value is -17.4. The van der Waals surface area contributed by atoms with Gasteiger partial charge in [-0.1, -0.05) is 224 Å². The lowest BCUT2D eigenvalue weighted by molar-refractivity contribution is 0.668. The smallest absolute Gasteiger partial charge is 0.238 e. The van der Waals surface area contributed by atoms with E-state index in [4.69, 9.17) is 48.7 Å². The fourth-order valence-corrected chi connectivity index (χ4v) is 19.1. The average molecular weight is 1610 g/mol. The molecule has 26 aromatic rings. The Morgan fingerprint density at radius 3 is 1.02 bits per heavy atom. The Balaban J connectivity index is 0.603. The standard InChI is InChI=1S/C111H65N13O2/c1-7-22-66(23-8-1)106-115-107(67-24-9-2-10-25-67)118-110(117-106)123-90-46-39-70(72-44-51-98-87(59-72)102-80(34-19-37-100(102)125-98)75-42-49-93-85(61-75)104-96(36-21-54-113-104)121(93)78-30-15-5-16-31-78)56-82(90)83-58-74(41-48-91(83)123)77-63-97-105(114-64-77)86-62-76(43-50-94(86)122(97)79-32-17-6-18-33-79)81-35-20-38-101-103(81)88-60-73(45-52-99(88)126-101)71-40-47-92-84(57-71)89-65-112-55-53-95(89)124(92)111-119-108(68-26-11-3-12-27-68)116-109(120-111)69-28-13-4-14-29-69/h1-65H. The molecule has 0 atom stereocenters. The Bertz CT molecular complexity index is 8850. The van der Waals surface area contributed by atoms with Gasteiger partial charge in [-0.05, 0) is 196 Å². The van der Waals surface area contributed by atoms with Gasteiger partial charge in [0.25, 0.3) is 0 Å². The molecule has 0 unspecified atom stereocenters. The summed E-state index contributed by atoms with van der Waals surface area (Å²) in [4.78, 5) is 46.4. The molecule has 0 N–H and O–H groups in total. The molecular formula is C111H65N13O2. The van der Waals surface area contributed by atoms with Crippen LogP contribution in [0.3, 0.4) is 0 Å². The molecule has 0 radical (unpaired) electrons. The van der Waals surface area contributed by atoms with Gasteiger partial charge in [-0.2, -0.15) is 19.9 Å². The maximum Gasteiger partial charge on any atom is 0.238 e. The van der Waals surface area contributed by atoms with Crippen LogP contribution < -0.4 is 0 Å². The molecule has 0 saturated heterocycles. The highest BCUT2D eigenvalue weighted by Crippen LogP contribution is 2.47. The van der Waals surface area contributed by atoms with E-state index in [9.17, 15) is 0 Å². The quantitative estimate of drug-likeness (QED) is 0.108. The minimum atomic E-state index is 0.500. The Kier molecular flexibility index (Phi) is 15.7. The summed E-state index contributed by atoms with van der Waals surface area (Å²) >= 11 is 0. The number of hydrogen-bond acceptors (Lipinski definition) is 11. The fourth-order valence-electron chi connectivity index (χ4n) is 19.1. The van der Waals surface area contributed by atoms with Crippen LogP contribution in [-0.4, -0.2) is 63.1 Å². The second kappa shape index (κ2) is 28.1. The topological polar surface area (TPSA) is 162 Å². The van der Waals surface area contributed by atoms with E-state index < -0.39 is 0 Å². The van der Waals surface area contributed by atoms with Gasteiger partial charge in [-0.25, -0.2) is 9.97 Å². The van der Waals surface area contributed by atoms with Gasteiger partial charge in [0.1, 0.15) is 22.3 Å². The Labute approximate surface area is 718 Å². The normalized spacial score (nSPS) is 12.0. The van der Waals surface area contributed by atoms with Gasteiger partial charge >= 0.3 is 0 Å². The molecule has 0 bridgehead atoms. The van der Waals surface area contributed by atoms with Crippen molar-refractivity contribution in [2.45, 2.75) is 0 Å². The lowest BCUT2D eigenvalue weighted by Crippen LogP contribution is -2.06. The predicted octanol–water partition coefficient (Wildman–Crippen LogP) is 27.4. The van der Waals surface area contributed by atoms with Crippen LogP contribution in [0.15, 0.2) is 404 Å². The van der Waals surface area contributed by atoms with Gasteiger partial charge in [0.15, 0.2) is 23.3 Å². The second-order valence-corrected chi connectivity index (χ2v) is 32.0. The van der Waals surface area contributed by atoms with Crippen LogP contribution in [0.1, 0.15) is 0 Å². The van der Waals surface area contributed by atoms with Crippen molar-refractivity contribution in [3.63, 3.8) is 0 Å². The number of fused-ring (bicyclic) bond motifs is 18. The van der Waals surface area contributed by atoms with Crippen LogP contribution in [0.5, 0.6) is 0 Å². The zero-order chi connectivity index (χ0) is 82.6. The summed E-state index contributed by atoms with van der Waals surface area (Å²) < 4.78 is 22.5. The summed E-state index contributed by atoms with van der Waals surface area (Å²) in [6.45, 7) is 0. The first-order valence-corrected chi connectivity index (χ1v) is 42.0. The molecule has 0 amide bonds. The van der Waals surface area contributed by atoms with Crippen molar-refractivity contribution < 1.29 is 8.83 Å². The minimum absolute atomic E-state index is 0.500. The number of pyridine rings is 3. The molecule has 0 aliphatic heterocycles. The van der Waals surface area contributed by atoms with E-state index >= 15 is 0 Å². The third kappa shape index (κ3) is 11.3. The average Bonchev–Trinajstić information content (AvgIpc) is 1.58. The third-order valence-corrected chi connectivity index (χ3v) is 24.9. The molecule has 126 heavy (non-hydrogen) atoms. The molecule has 26 rings (SSSR count). The molecule has 0 aliphatic rings. The summed E-state index contributed by atoms with van der Waals surface area (Å²) in [6.07, 6.45) is 7.67. The van der Waals surface area contributed by atoms with E-state index in [-0.39, 0.29) is 0 Å². The summed E-state index contributed by atoms with van der Waals surface area (Å²) in [5, 5.41) is 10.2. The molecule has 0 spiro atoms. The van der Waals surface area contributed by atoms with Crippen LogP contribution in [0.4, 0.5) is 0 Å². The van der Waals surface area contributed by atoms with Gasteiger partial charge in [0.05, 0.1) is 55.2 Å². The van der Waals surface area contributed by atoms with Gasteiger partial charge in [0, 0.05) is 118 Å². The molecule has 0 fully saturated rings. The first-order chi connectivity index (χ1) is 62.4. The van der Waals surface area contributed by atoms with Crippen molar-refractivity contribution >= 4 is 131 Å². The number of hydrogen-bond donors (Lipinski definition) is 0. The molecule has 15 heteroatoms. The minimum Gasteiger partial charge on any atom is -0.456 e. The number of nitrogens with zero attached hydrogens (tertiary/aromatic N) is 13. The zero-order valence-electron chi connectivity index (χ0n) is 67.2. The van der Waals surface area contributed by atoms with Crippen LogP contribution in [0, 0.1) is 0 Å². The van der Waals surface area contributed by atoms with E-state index in [1.807, 2.05) is 158 Å². The lowest BCUT2D eigenvalue weighted by Gasteiger charge is -2.11. The van der Waals surface area contributed by atoms with Crippen molar-refractivity contribution in [2.24, 2.45) is 0 Å². The van der Waals surface area contributed by atoms with Crippen molar-refractivity contribution in [1.82, 2.24) is 63.1 Å². The van der Waals surface area contributed by atoms with E-state index in [1.54, 1.807) is 0 Å².